The summed E-state index contributed by atoms with van der Waals surface area (Å²) in [5, 5.41) is 2.75. The van der Waals surface area contributed by atoms with Gasteiger partial charge in [-0.05, 0) is 25.1 Å². The molecule has 1 heterocycles. The fourth-order valence-corrected chi connectivity index (χ4v) is 1.68. The molecule has 0 atom stereocenters. The van der Waals surface area contributed by atoms with Crippen LogP contribution in [0.15, 0.2) is 30.6 Å². The van der Waals surface area contributed by atoms with Crippen molar-refractivity contribution in [3.05, 3.63) is 42.0 Å². The molecule has 6 heteroatoms. The third-order valence-corrected chi connectivity index (χ3v) is 2.69. The second-order valence-corrected chi connectivity index (χ2v) is 4.06. The number of hydrogen-bond donors (Lipinski definition) is 1. The average molecular weight is 273 g/mol. The fourth-order valence-electron chi connectivity index (χ4n) is 1.68. The topological polar surface area (TPSA) is 73.3 Å². The molecule has 1 aromatic heterocycles. The summed E-state index contributed by atoms with van der Waals surface area (Å²) in [5.74, 6) is 0.840. The molecule has 0 aliphatic rings. The first-order valence-electron chi connectivity index (χ1n) is 5.96. The molecule has 104 valence electrons. The van der Waals surface area contributed by atoms with Gasteiger partial charge >= 0.3 is 0 Å². The highest BCUT2D eigenvalue weighted by Crippen LogP contribution is 2.29. The number of ether oxygens (including phenoxy) is 2. The first-order valence-corrected chi connectivity index (χ1v) is 5.96. The molecule has 1 N–H and O–H groups in total. The molecule has 0 radical (unpaired) electrons. The molecular weight excluding hydrogens is 258 g/mol. The minimum atomic E-state index is -0.331. The number of aryl methyl sites for hydroxylation is 1. The van der Waals surface area contributed by atoms with E-state index in [0.29, 0.717) is 22.9 Å². The number of nitrogens with zero attached hydrogens (tertiary/aromatic N) is 2. The van der Waals surface area contributed by atoms with Crippen molar-refractivity contribution in [2.45, 2.75) is 6.92 Å². The van der Waals surface area contributed by atoms with Gasteiger partial charge in [-0.3, -0.25) is 4.79 Å². The highest BCUT2D eigenvalue weighted by Gasteiger charge is 2.12. The van der Waals surface area contributed by atoms with Gasteiger partial charge in [0.1, 0.15) is 23.5 Å². The molecule has 1 amide bonds. The van der Waals surface area contributed by atoms with E-state index in [0.717, 1.165) is 5.69 Å². The van der Waals surface area contributed by atoms with Crippen molar-refractivity contribution < 1.29 is 14.3 Å². The molecule has 0 saturated heterocycles. The van der Waals surface area contributed by atoms with E-state index in [-0.39, 0.29) is 5.91 Å². The minimum absolute atomic E-state index is 0.294. The summed E-state index contributed by atoms with van der Waals surface area (Å²) in [7, 11) is 3.09. The standard InChI is InChI=1S/C14H15N3O3/c1-9-6-12(16-8-15-9)14(18)17-11-7-10(19-2)4-5-13(11)20-3/h4-8H,1-3H3,(H,17,18). The molecule has 2 rings (SSSR count). The Hall–Kier alpha value is -2.63. The number of aromatic nitrogens is 2. The van der Waals surface area contributed by atoms with Crippen LogP contribution in [0.3, 0.4) is 0 Å². The second kappa shape index (κ2) is 6.01. The van der Waals surface area contributed by atoms with Crippen LogP contribution in [0.1, 0.15) is 16.2 Å². The van der Waals surface area contributed by atoms with E-state index in [1.54, 1.807) is 38.3 Å². The Morgan fingerprint density at radius 2 is 1.95 bits per heavy atom. The number of anilines is 1. The molecule has 6 nitrogen and oxygen atoms in total. The summed E-state index contributed by atoms with van der Waals surface area (Å²) < 4.78 is 10.3. The van der Waals surface area contributed by atoms with Gasteiger partial charge in [-0.15, -0.1) is 0 Å². The van der Waals surface area contributed by atoms with Crippen LogP contribution in [0.4, 0.5) is 5.69 Å². The van der Waals surface area contributed by atoms with Crippen LogP contribution < -0.4 is 14.8 Å². The lowest BCUT2D eigenvalue weighted by atomic mass is 10.2. The van der Waals surface area contributed by atoms with E-state index in [1.165, 1.54) is 13.4 Å². The van der Waals surface area contributed by atoms with Crippen molar-refractivity contribution in [2.75, 3.05) is 19.5 Å². The van der Waals surface area contributed by atoms with Crippen LogP contribution >= 0.6 is 0 Å². The smallest absolute Gasteiger partial charge is 0.274 e. The van der Waals surface area contributed by atoms with Crippen LogP contribution in [0, 0.1) is 6.92 Å². The molecule has 2 aromatic rings. The van der Waals surface area contributed by atoms with Gasteiger partial charge in [0.25, 0.3) is 5.91 Å². The highest BCUT2D eigenvalue weighted by atomic mass is 16.5. The van der Waals surface area contributed by atoms with E-state index in [1.807, 2.05) is 0 Å². The van der Waals surface area contributed by atoms with E-state index in [4.69, 9.17) is 9.47 Å². The predicted octanol–water partition coefficient (Wildman–Crippen LogP) is 2.05. The molecule has 0 aliphatic heterocycles. The van der Waals surface area contributed by atoms with Crippen molar-refractivity contribution in [1.82, 2.24) is 9.97 Å². The largest absolute Gasteiger partial charge is 0.497 e. The number of amides is 1. The maximum absolute atomic E-state index is 12.1. The Bertz CT molecular complexity index is 629. The van der Waals surface area contributed by atoms with Crippen LogP contribution in [-0.4, -0.2) is 30.1 Å². The molecule has 20 heavy (non-hydrogen) atoms. The maximum atomic E-state index is 12.1. The number of nitrogens with one attached hydrogen (secondary N) is 1. The van der Waals surface area contributed by atoms with Crippen molar-refractivity contribution in [2.24, 2.45) is 0 Å². The Morgan fingerprint density at radius 1 is 1.15 bits per heavy atom. The Balaban J connectivity index is 2.27. The second-order valence-electron chi connectivity index (χ2n) is 4.06. The zero-order valence-electron chi connectivity index (χ0n) is 11.5. The van der Waals surface area contributed by atoms with Crippen molar-refractivity contribution >= 4 is 11.6 Å². The third kappa shape index (κ3) is 3.03. The number of benzene rings is 1. The van der Waals surface area contributed by atoms with E-state index in [9.17, 15) is 4.79 Å². The number of methoxy groups -OCH3 is 2. The molecule has 0 spiro atoms. The summed E-state index contributed by atoms with van der Waals surface area (Å²) in [6.07, 6.45) is 1.35. The first-order chi connectivity index (χ1) is 9.63. The molecule has 1 aromatic carbocycles. The Kier molecular flexibility index (Phi) is 4.14. The lowest BCUT2D eigenvalue weighted by molar-refractivity contribution is 0.102. The number of rotatable bonds is 4. The lowest BCUT2D eigenvalue weighted by Gasteiger charge is -2.11. The lowest BCUT2D eigenvalue weighted by Crippen LogP contribution is -2.14. The zero-order valence-corrected chi connectivity index (χ0v) is 11.5. The highest BCUT2D eigenvalue weighted by molar-refractivity contribution is 6.03. The van der Waals surface area contributed by atoms with Crippen molar-refractivity contribution in [3.63, 3.8) is 0 Å². The van der Waals surface area contributed by atoms with Crippen LogP contribution in [0.5, 0.6) is 11.5 Å². The summed E-state index contributed by atoms with van der Waals surface area (Å²) in [6, 6.07) is 6.77. The van der Waals surface area contributed by atoms with Crippen molar-refractivity contribution in [3.8, 4) is 11.5 Å². The molecule has 0 aliphatic carbocycles. The third-order valence-electron chi connectivity index (χ3n) is 2.69. The minimum Gasteiger partial charge on any atom is -0.497 e. The summed E-state index contributed by atoms with van der Waals surface area (Å²) >= 11 is 0. The van der Waals surface area contributed by atoms with Crippen LogP contribution in [-0.2, 0) is 0 Å². The monoisotopic (exact) mass is 273 g/mol. The fraction of sp³-hybridized carbons (Fsp3) is 0.214. The van der Waals surface area contributed by atoms with Crippen LogP contribution in [0.25, 0.3) is 0 Å². The van der Waals surface area contributed by atoms with Crippen LogP contribution in [0.2, 0.25) is 0 Å². The Morgan fingerprint density at radius 3 is 2.60 bits per heavy atom. The summed E-state index contributed by atoms with van der Waals surface area (Å²) in [6.45, 7) is 1.80. The first kappa shape index (κ1) is 13.8. The van der Waals surface area contributed by atoms with Gasteiger partial charge < -0.3 is 14.8 Å². The average Bonchev–Trinajstić information content (AvgIpc) is 2.47. The van der Waals surface area contributed by atoms with E-state index in [2.05, 4.69) is 15.3 Å². The predicted molar refractivity (Wildman–Crippen MR) is 74.3 cm³/mol. The molecular formula is C14H15N3O3. The number of carbonyl (C=O) groups excluding carboxylic acids is 1. The zero-order chi connectivity index (χ0) is 14.5. The molecule has 0 fully saturated rings. The van der Waals surface area contributed by atoms with E-state index >= 15 is 0 Å². The number of carbonyl (C=O) groups is 1. The van der Waals surface area contributed by atoms with Gasteiger partial charge in [-0.2, -0.15) is 0 Å². The van der Waals surface area contributed by atoms with Gasteiger partial charge in [0.15, 0.2) is 0 Å². The Labute approximate surface area is 116 Å². The molecule has 0 unspecified atom stereocenters. The van der Waals surface area contributed by atoms with Gasteiger partial charge in [-0.25, -0.2) is 9.97 Å². The quantitative estimate of drug-likeness (QED) is 0.923. The van der Waals surface area contributed by atoms with Gasteiger partial charge in [0, 0.05) is 11.8 Å². The van der Waals surface area contributed by atoms with Gasteiger partial charge in [0.2, 0.25) is 0 Å². The maximum Gasteiger partial charge on any atom is 0.274 e. The number of hydrogen-bond acceptors (Lipinski definition) is 5. The van der Waals surface area contributed by atoms with Gasteiger partial charge in [-0.1, -0.05) is 0 Å². The van der Waals surface area contributed by atoms with Crippen molar-refractivity contribution in [1.29, 1.82) is 0 Å². The van der Waals surface area contributed by atoms with E-state index < -0.39 is 0 Å². The van der Waals surface area contributed by atoms with Gasteiger partial charge in [0.05, 0.1) is 19.9 Å². The normalized spacial score (nSPS) is 9.95. The molecule has 0 bridgehead atoms. The summed E-state index contributed by atoms with van der Waals surface area (Å²) in [5.41, 5.74) is 1.54. The SMILES string of the molecule is COc1ccc(OC)c(NC(=O)c2cc(C)ncn2)c1. The summed E-state index contributed by atoms with van der Waals surface area (Å²) in [4.78, 5) is 20.0. The molecule has 0 saturated carbocycles.